The van der Waals surface area contributed by atoms with Crippen LogP contribution < -0.4 is 9.64 Å². The van der Waals surface area contributed by atoms with Crippen LogP contribution in [0.25, 0.3) is 0 Å². The van der Waals surface area contributed by atoms with Gasteiger partial charge in [0.05, 0.1) is 7.11 Å². The largest absolute Gasteiger partial charge is 0.497 e. The molecule has 0 aromatic heterocycles. The zero-order valence-electron chi connectivity index (χ0n) is 11.7. The summed E-state index contributed by atoms with van der Waals surface area (Å²) in [6.45, 7) is 4.66. The van der Waals surface area contributed by atoms with Crippen molar-refractivity contribution in [1.82, 2.24) is 0 Å². The van der Waals surface area contributed by atoms with Crippen LogP contribution in [0.1, 0.15) is 44.6 Å². The molecule has 2 heteroatoms. The molecule has 1 saturated heterocycles. The van der Waals surface area contributed by atoms with Crippen LogP contribution in [0.3, 0.4) is 0 Å². The van der Waals surface area contributed by atoms with Crippen LogP contribution in [0.4, 0.5) is 5.69 Å². The fourth-order valence-corrected chi connectivity index (χ4v) is 2.68. The number of unbranched alkanes of at least 4 members (excludes halogenated alkanes) is 1. The molecule has 2 rings (SSSR count). The summed E-state index contributed by atoms with van der Waals surface area (Å²) in [6.07, 6.45) is 7.74. The quantitative estimate of drug-likeness (QED) is 0.779. The molecule has 1 aromatic rings. The molecule has 0 amide bonds. The van der Waals surface area contributed by atoms with E-state index >= 15 is 0 Å². The first-order chi connectivity index (χ1) is 8.85. The lowest BCUT2D eigenvalue weighted by Crippen LogP contribution is -2.30. The standard InChI is InChI=1S/C16H25NO/c1-3-4-8-14-9-10-15(18-2)13-16(14)17-11-6-5-7-12-17/h9-10,13H,3-8,11-12H2,1-2H3. The molecule has 0 unspecified atom stereocenters. The highest BCUT2D eigenvalue weighted by Gasteiger charge is 2.15. The molecule has 1 aromatic carbocycles. The molecule has 1 aliphatic rings. The van der Waals surface area contributed by atoms with E-state index in [1.54, 1.807) is 7.11 Å². The summed E-state index contributed by atoms with van der Waals surface area (Å²) in [5, 5.41) is 0. The third-order valence-electron chi connectivity index (χ3n) is 3.79. The molecule has 2 nitrogen and oxygen atoms in total. The minimum Gasteiger partial charge on any atom is -0.497 e. The molecule has 0 aliphatic carbocycles. The van der Waals surface area contributed by atoms with Crippen molar-refractivity contribution in [2.75, 3.05) is 25.1 Å². The van der Waals surface area contributed by atoms with Crippen LogP contribution >= 0.6 is 0 Å². The lowest BCUT2D eigenvalue weighted by Gasteiger charge is -2.31. The highest BCUT2D eigenvalue weighted by Crippen LogP contribution is 2.29. The van der Waals surface area contributed by atoms with Crippen LogP contribution in [0.5, 0.6) is 5.75 Å². The van der Waals surface area contributed by atoms with Gasteiger partial charge in [0.1, 0.15) is 5.75 Å². The summed E-state index contributed by atoms with van der Waals surface area (Å²) < 4.78 is 5.38. The van der Waals surface area contributed by atoms with Crippen molar-refractivity contribution in [3.8, 4) is 5.75 Å². The Bertz CT molecular complexity index is 369. The Morgan fingerprint density at radius 1 is 1.17 bits per heavy atom. The second-order valence-electron chi connectivity index (χ2n) is 5.15. The van der Waals surface area contributed by atoms with E-state index in [0.29, 0.717) is 0 Å². The fraction of sp³-hybridized carbons (Fsp3) is 0.625. The molecule has 0 spiro atoms. The van der Waals surface area contributed by atoms with Gasteiger partial charge in [0.2, 0.25) is 0 Å². The smallest absolute Gasteiger partial charge is 0.120 e. The Balaban J connectivity index is 2.21. The molecule has 1 aliphatic heterocycles. The number of aryl methyl sites for hydroxylation is 1. The average Bonchev–Trinajstić information content (AvgIpc) is 2.46. The van der Waals surface area contributed by atoms with Gasteiger partial charge in [-0.2, -0.15) is 0 Å². The van der Waals surface area contributed by atoms with Crippen molar-refractivity contribution in [2.45, 2.75) is 45.4 Å². The number of nitrogens with zero attached hydrogens (tertiary/aromatic N) is 1. The maximum Gasteiger partial charge on any atom is 0.120 e. The number of piperidine rings is 1. The second-order valence-corrected chi connectivity index (χ2v) is 5.15. The van der Waals surface area contributed by atoms with E-state index in [1.807, 2.05) is 0 Å². The van der Waals surface area contributed by atoms with E-state index in [2.05, 4.69) is 30.0 Å². The van der Waals surface area contributed by atoms with E-state index in [-0.39, 0.29) is 0 Å². The van der Waals surface area contributed by atoms with Gasteiger partial charge in [-0.25, -0.2) is 0 Å². The Kier molecular flexibility index (Phi) is 4.91. The molecule has 0 saturated carbocycles. The predicted molar refractivity (Wildman–Crippen MR) is 77.7 cm³/mol. The van der Waals surface area contributed by atoms with Crippen LogP contribution in [-0.4, -0.2) is 20.2 Å². The molecule has 0 N–H and O–H groups in total. The van der Waals surface area contributed by atoms with Gasteiger partial charge in [0, 0.05) is 24.8 Å². The Morgan fingerprint density at radius 2 is 1.94 bits per heavy atom. The number of anilines is 1. The van der Waals surface area contributed by atoms with Crippen LogP contribution in [0.15, 0.2) is 18.2 Å². The van der Waals surface area contributed by atoms with Crippen molar-refractivity contribution >= 4 is 5.69 Å². The number of methoxy groups -OCH3 is 1. The van der Waals surface area contributed by atoms with Crippen LogP contribution in [0.2, 0.25) is 0 Å². The first-order valence-corrected chi connectivity index (χ1v) is 7.27. The monoisotopic (exact) mass is 247 g/mol. The van der Waals surface area contributed by atoms with Gasteiger partial charge in [0.25, 0.3) is 0 Å². The van der Waals surface area contributed by atoms with Crippen LogP contribution in [0, 0.1) is 0 Å². The minimum absolute atomic E-state index is 0.982. The lowest BCUT2D eigenvalue weighted by molar-refractivity contribution is 0.414. The normalized spacial score (nSPS) is 15.8. The maximum absolute atomic E-state index is 5.38. The average molecular weight is 247 g/mol. The summed E-state index contributed by atoms with van der Waals surface area (Å²) in [6, 6.07) is 6.56. The molecule has 0 bridgehead atoms. The molecule has 1 heterocycles. The SMILES string of the molecule is CCCCc1ccc(OC)cc1N1CCCCC1. The number of ether oxygens (including phenoxy) is 1. The second kappa shape index (κ2) is 6.67. The van der Waals surface area contributed by atoms with Crippen LogP contribution in [-0.2, 0) is 6.42 Å². The first-order valence-electron chi connectivity index (χ1n) is 7.27. The Hall–Kier alpha value is -1.18. The Morgan fingerprint density at radius 3 is 2.61 bits per heavy atom. The third-order valence-corrected chi connectivity index (χ3v) is 3.79. The van der Waals surface area contributed by atoms with Gasteiger partial charge in [-0.15, -0.1) is 0 Å². The van der Waals surface area contributed by atoms with Gasteiger partial charge in [-0.1, -0.05) is 19.4 Å². The molecular weight excluding hydrogens is 222 g/mol. The van der Waals surface area contributed by atoms with Crippen molar-refractivity contribution in [3.05, 3.63) is 23.8 Å². The highest BCUT2D eigenvalue weighted by molar-refractivity contribution is 5.57. The van der Waals surface area contributed by atoms with Gasteiger partial charge in [0.15, 0.2) is 0 Å². The zero-order valence-corrected chi connectivity index (χ0v) is 11.7. The molecule has 1 fully saturated rings. The summed E-state index contributed by atoms with van der Waals surface area (Å²) in [5.41, 5.74) is 2.89. The fourth-order valence-electron chi connectivity index (χ4n) is 2.68. The predicted octanol–water partition coefficient (Wildman–Crippen LogP) is 4.03. The van der Waals surface area contributed by atoms with E-state index in [0.717, 1.165) is 5.75 Å². The van der Waals surface area contributed by atoms with E-state index in [9.17, 15) is 0 Å². The van der Waals surface area contributed by atoms with Gasteiger partial charge in [-0.3, -0.25) is 0 Å². The van der Waals surface area contributed by atoms with Gasteiger partial charge >= 0.3 is 0 Å². The molecule has 100 valence electrons. The van der Waals surface area contributed by atoms with Crippen molar-refractivity contribution in [1.29, 1.82) is 0 Å². The number of hydrogen-bond acceptors (Lipinski definition) is 2. The number of rotatable bonds is 5. The van der Waals surface area contributed by atoms with Crippen molar-refractivity contribution in [3.63, 3.8) is 0 Å². The summed E-state index contributed by atoms with van der Waals surface area (Å²) >= 11 is 0. The molecule has 18 heavy (non-hydrogen) atoms. The highest BCUT2D eigenvalue weighted by atomic mass is 16.5. The minimum atomic E-state index is 0.982. The van der Waals surface area contributed by atoms with Gasteiger partial charge < -0.3 is 9.64 Å². The van der Waals surface area contributed by atoms with Gasteiger partial charge in [-0.05, 0) is 43.7 Å². The Labute approximate surface area is 111 Å². The van der Waals surface area contributed by atoms with E-state index < -0.39 is 0 Å². The zero-order chi connectivity index (χ0) is 12.8. The van der Waals surface area contributed by atoms with Crippen molar-refractivity contribution in [2.24, 2.45) is 0 Å². The maximum atomic E-state index is 5.38. The van der Waals surface area contributed by atoms with E-state index in [4.69, 9.17) is 4.74 Å². The lowest BCUT2D eigenvalue weighted by atomic mass is 10.0. The number of hydrogen-bond donors (Lipinski definition) is 0. The first kappa shape index (κ1) is 13.3. The van der Waals surface area contributed by atoms with Crippen molar-refractivity contribution < 1.29 is 4.74 Å². The topological polar surface area (TPSA) is 12.5 Å². The summed E-state index contributed by atoms with van der Waals surface area (Å²) in [4.78, 5) is 2.54. The molecule has 0 atom stereocenters. The van der Waals surface area contributed by atoms with E-state index in [1.165, 1.54) is 62.9 Å². The number of benzene rings is 1. The third kappa shape index (κ3) is 3.18. The molecular formula is C16H25NO. The molecule has 0 radical (unpaired) electrons. The summed E-state index contributed by atoms with van der Waals surface area (Å²) in [5.74, 6) is 0.982. The summed E-state index contributed by atoms with van der Waals surface area (Å²) in [7, 11) is 1.75.